The summed E-state index contributed by atoms with van der Waals surface area (Å²) in [6.45, 7) is 1.38. The van der Waals surface area contributed by atoms with Crippen molar-refractivity contribution < 1.29 is 70.4 Å². The number of esters is 1. The van der Waals surface area contributed by atoms with Gasteiger partial charge in [0.15, 0.2) is 17.9 Å². The molecule has 1 aliphatic heterocycles. The SMILES string of the molecule is CC(C)OC(=O)OCOP(=O)(OCOC(=O)OC(C)C)OC[C@@]1(CF)O[C@@H](n2ccc(=O)[nH]c2=O)[C@](C)(O)[C@@H]1OC(=O)CNCl. The number of carbonyl (C=O) groups excluding carboxylic acids is 3. The van der Waals surface area contributed by atoms with Crippen molar-refractivity contribution >= 4 is 37.9 Å². The van der Waals surface area contributed by atoms with E-state index < -0.39 is 107 Å². The van der Waals surface area contributed by atoms with Crippen LogP contribution >= 0.6 is 19.6 Å². The number of halogens is 2. The first-order valence-electron chi connectivity index (χ1n) is 13.0. The summed E-state index contributed by atoms with van der Waals surface area (Å²) in [5.74, 6) is -1.13. The van der Waals surface area contributed by atoms with Gasteiger partial charge in [-0.3, -0.25) is 23.7 Å². The molecule has 0 radical (unpaired) electrons. The molecule has 1 fully saturated rings. The summed E-state index contributed by atoms with van der Waals surface area (Å²) in [5, 5.41) is 11.4. The zero-order chi connectivity index (χ0) is 34.0. The molecule has 0 aliphatic carbocycles. The molecule has 2 rings (SSSR count). The molecule has 0 spiro atoms. The van der Waals surface area contributed by atoms with E-state index in [0.29, 0.717) is 4.57 Å². The lowest BCUT2D eigenvalue weighted by molar-refractivity contribution is -0.174. The molecule has 0 unspecified atom stereocenters. The number of nitrogens with one attached hydrogen (secondary N) is 2. The minimum absolute atomic E-state index is 0.592. The summed E-state index contributed by atoms with van der Waals surface area (Å²) >= 11 is 5.35. The van der Waals surface area contributed by atoms with Gasteiger partial charge in [-0.05, 0) is 46.4 Å². The van der Waals surface area contributed by atoms with Gasteiger partial charge in [0.2, 0.25) is 13.6 Å². The van der Waals surface area contributed by atoms with Crippen molar-refractivity contribution in [2.24, 2.45) is 0 Å². The van der Waals surface area contributed by atoms with E-state index in [9.17, 15) is 38.0 Å². The first-order valence-corrected chi connectivity index (χ1v) is 14.8. The van der Waals surface area contributed by atoms with Crippen LogP contribution in [0.4, 0.5) is 14.0 Å². The number of H-pyrrole nitrogens is 1. The highest BCUT2D eigenvalue weighted by atomic mass is 35.5. The average molecular weight is 694 g/mol. The van der Waals surface area contributed by atoms with Crippen LogP contribution in [0.3, 0.4) is 0 Å². The number of nitrogens with zero attached hydrogens (tertiary/aromatic N) is 1. The predicted octanol–water partition coefficient (Wildman–Crippen LogP) is 1.38. The van der Waals surface area contributed by atoms with Gasteiger partial charge in [-0.15, -0.1) is 0 Å². The van der Waals surface area contributed by atoms with E-state index in [4.69, 9.17) is 44.3 Å². The number of aromatic amines is 1. The fraction of sp³-hybridized carbons (Fsp3) is 0.696. The molecule has 0 amide bonds. The maximum absolute atomic E-state index is 14.9. The van der Waals surface area contributed by atoms with Crippen LogP contribution in [0.5, 0.6) is 0 Å². The van der Waals surface area contributed by atoms with Gasteiger partial charge in [0.25, 0.3) is 5.56 Å². The van der Waals surface area contributed by atoms with Gasteiger partial charge in [0, 0.05) is 12.3 Å². The Morgan fingerprint density at radius 3 is 2.13 bits per heavy atom. The maximum Gasteiger partial charge on any atom is 0.510 e. The summed E-state index contributed by atoms with van der Waals surface area (Å²) in [7, 11) is -5.02. The Morgan fingerprint density at radius 2 is 1.67 bits per heavy atom. The van der Waals surface area contributed by atoms with Gasteiger partial charge >= 0.3 is 31.8 Å². The Labute approximate surface area is 259 Å². The molecule has 45 heavy (non-hydrogen) atoms. The van der Waals surface area contributed by atoms with Gasteiger partial charge < -0.3 is 33.5 Å². The summed E-state index contributed by atoms with van der Waals surface area (Å²) in [5.41, 5.74) is -6.88. The van der Waals surface area contributed by atoms with Gasteiger partial charge in [-0.2, -0.15) is 0 Å². The quantitative estimate of drug-likeness (QED) is 0.0728. The topological polar surface area (TPSA) is 238 Å². The third kappa shape index (κ3) is 10.7. The van der Waals surface area contributed by atoms with Crippen molar-refractivity contribution in [1.29, 1.82) is 0 Å². The zero-order valence-electron chi connectivity index (χ0n) is 24.7. The Hall–Kier alpha value is -3.10. The van der Waals surface area contributed by atoms with E-state index >= 15 is 0 Å². The number of hydrogen-bond donors (Lipinski definition) is 3. The predicted molar refractivity (Wildman–Crippen MR) is 145 cm³/mol. The summed E-state index contributed by atoms with van der Waals surface area (Å²) in [6.07, 6.45) is -6.59. The van der Waals surface area contributed by atoms with E-state index in [0.717, 1.165) is 19.2 Å². The molecular weight excluding hydrogens is 660 g/mol. The first kappa shape index (κ1) is 38.1. The Balaban J connectivity index is 2.40. The number of aliphatic hydroxyl groups is 1. The standard InChI is InChI=1S/C23H34ClFN3O16P/c1-13(2)41-20(32)36-11-39-45(35,40-12-37-21(33)42-14(3)4)38-10-23(9-25)17(43-16(30)8-26-24)22(5,34)18(44-23)28-7-6-15(29)27-19(28)31/h6-7,13-14,17-18,26,34H,8-12H2,1-5H3,(H,27,29,31)/t17-,18+,22+,23+/m0/s1. The van der Waals surface area contributed by atoms with Gasteiger partial charge in [-0.25, -0.2) is 37.2 Å². The van der Waals surface area contributed by atoms with E-state index in [-0.39, 0.29) is 0 Å². The van der Waals surface area contributed by atoms with E-state index in [1.807, 2.05) is 9.82 Å². The molecule has 1 saturated heterocycles. The number of phosphoric ester groups is 1. The van der Waals surface area contributed by atoms with Gasteiger partial charge in [0.1, 0.15) is 18.8 Å². The molecule has 4 atom stereocenters. The summed E-state index contributed by atoms with van der Waals surface area (Å²) in [4.78, 5) is 63.8. The van der Waals surface area contributed by atoms with Crippen LogP contribution in [-0.2, 0) is 51.4 Å². The van der Waals surface area contributed by atoms with E-state index in [1.165, 1.54) is 27.7 Å². The molecule has 2 heterocycles. The second-order valence-electron chi connectivity index (χ2n) is 9.93. The monoisotopic (exact) mass is 693 g/mol. The second-order valence-corrected chi connectivity index (χ2v) is 11.9. The average Bonchev–Trinajstić information content (AvgIpc) is 3.13. The molecule has 3 N–H and O–H groups in total. The number of alkyl halides is 1. The number of hydrogen-bond acceptors (Lipinski definition) is 17. The summed E-state index contributed by atoms with van der Waals surface area (Å²) in [6, 6.07) is 0.898. The first-order chi connectivity index (χ1) is 21.0. The molecule has 1 aliphatic rings. The lowest BCUT2D eigenvalue weighted by atomic mass is 9.88. The Bertz CT molecular complexity index is 1310. The molecular formula is C23H34ClFN3O16P. The van der Waals surface area contributed by atoms with Crippen LogP contribution in [0.25, 0.3) is 0 Å². The van der Waals surface area contributed by atoms with E-state index in [2.05, 4.69) is 9.47 Å². The van der Waals surface area contributed by atoms with Crippen LogP contribution in [0.2, 0.25) is 0 Å². The Kier molecular flexibility index (Phi) is 13.9. The molecule has 0 aromatic carbocycles. The third-order valence-electron chi connectivity index (χ3n) is 5.55. The molecule has 19 nitrogen and oxygen atoms in total. The van der Waals surface area contributed by atoms with Crippen molar-refractivity contribution in [1.82, 2.24) is 14.4 Å². The fourth-order valence-corrected chi connectivity index (χ4v) is 4.82. The molecule has 1 aromatic heterocycles. The minimum atomic E-state index is -5.02. The highest BCUT2D eigenvalue weighted by Crippen LogP contribution is 2.53. The fourth-order valence-electron chi connectivity index (χ4n) is 3.75. The summed E-state index contributed by atoms with van der Waals surface area (Å²) < 4.78 is 73.9. The van der Waals surface area contributed by atoms with Crippen molar-refractivity contribution in [2.45, 2.75) is 70.4 Å². The van der Waals surface area contributed by atoms with Crippen molar-refractivity contribution in [3.05, 3.63) is 33.1 Å². The number of rotatable bonds is 16. The zero-order valence-corrected chi connectivity index (χ0v) is 26.4. The van der Waals surface area contributed by atoms with Crippen LogP contribution in [0, 0.1) is 0 Å². The number of ether oxygens (including phenoxy) is 6. The minimum Gasteiger partial charge on any atom is -0.455 e. The Morgan fingerprint density at radius 1 is 1.11 bits per heavy atom. The number of phosphoric acid groups is 1. The molecule has 0 saturated carbocycles. The van der Waals surface area contributed by atoms with Crippen LogP contribution in [-0.4, -0.2) is 95.9 Å². The highest BCUT2D eigenvalue weighted by molar-refractivity contribution is 7.48. The number of carbonyl (C=O) groups is 3. The third-order valence-corrected chi connectivity index (χ3v) is 6.97. The van der Waals surface area contributed by atoms with Crippen LogP contribution in [0.1, 0.15) is 40.8 Å². The van der Waals surface area contributed by atoms with Crippen molar-refractivity contribution in [2.75, 3.05) is 33.4 Å². The smallest absolute Gasteiger partial charge is 0.455 e. The highest BCUT2D eigenvalue weighted by Gasteiger charge is 2.65. The van der Waals surface area contributed by atoms with Crippen LogP contribution < -0.4 is 16.1 Å². The lowest BCUT2D eigenvalue weighted by Crippen LogP contribution is -2.56. The number of aromatic nitrogens is 2. The van der Waals surface area contributed by atoms with Crippen LogP contribution in [0.15, 0.2) is 21.9 Å². The normalized spacial score (nSPS) is 23.2. The van der Waals surface area contributed by atoms with Crippen molar-refractivity contribution in [3.8, 4) is 0 Å². The molecule has 22 heteroatoms. The van der Waals surface area contributed by atoms with Gasteiger partial charge in [0.05, 0.1) is 18.8 Å². The second kappa shape index (κ2) is 16.5. The van der Waals surface area contributed by atoms with E-state index in [1.54, 1.807) is 0 Å². The molecule has 0 bridgehead atoms. The van der Waals surface area contributed by atoms with Gasteiger partial charge in [-0.1, -0.05) is 0 Å². The lowest BCUT2D eigenvalue weighted by Gasteiger charge is -2.34. The van der Waals surface area contributed by atoms with Crippen molar-refractivity contribution in [3.63, 3.8) is 0 Å². The maximum atomic E-state index is 14.9. The largest absolute Gasteiger partial charge is 0.510 e. The molecule has 1 aromatic rings. The molecule has 256 valence electrons.